The highest BCUT2D eigenvalue weighted by atomic mass is 16.5. The number of ether oxygens (including phenoxy) is 2. The van der Waals surface area contributed by atoms with E-state index in [1.165, 1.54) is 19.9 Å². The fourth-order valence-electron chi connectivity index (χ4n) is 4.91. The molecule has 0 aromatic heterocycles. The Kier molecular flexibility index (Phi) is 6.02. The number of aldehydes is 1. The Morgan fingerprint density at radius 1 is 0.917 bits per heavy atom. The van der Waals surface area contributed by atoms with Gasteiger partial charge in [0.15, 0.2) is 7.28 Å². The van der Waals surface area contributed by atoms with Crippen LogP contribution in [0.1, 0.15) is 45.7 Å². The summed E-state index contributed by atoms with van der Waals surface area (Å²) in [5.41, 5.74) is 5.36. The van der Waals surface area contributed by atoms with Gasteiger partial charge in [0.1, 0.15) is 17.8 Å². The minimum atomic E-state index is -0.561. The second-order valence-corrected chi connectivity index (χ2v) is 8.81. The third kappa shape index (κ3) is 4.22. The number of anilines is 1. The van der Waals surface area contributed by atoms with Crippen LogP contribution < -0.4 is 19.8 Å². The molecule has 2 aliphatic rings. The van der Waals surface area contributed by atoms with E-state index in [2.05, 4.69) is 0 Å². The second kappa shape index (κ2) is 9.30. The number of ketones is 1. The smallest absolute Gasteiger partial charge is 0.308 e. The molecule has 0 bridgehead atoms. The van der Waals surface area contributed by atoms with E-state index in [1.807, 2.05) is 35.2 Å². The molecule has 3 aromatic carbocycles. The highest BCUT2D eigenvalue weighted by Crippen LogP contribution is 2.37. The molecule has 0 saturated carbocycles. The van der Waals surface area contributed by atoms with Gasteiger partial charge in [-0.15, -0.1) is 0 Å². The molecular weight excluding hydrogens is 457 g/mol. The third-order valence-electron chi connectivity index (χ3n) is 6.34. The number of allylic oxidation sites excluding steroid dienone is 2. The molecule has 0 aliphatic carbocycles. The first-order valence-corrected chi connectivity index (χ1v) is 11.5. The normalized spacial score (nSPS) is 14.1. The fourth-order valence-corrected chi connectivity index (χ4v) is 4.91. The standard InChI is InChI=1S/C28H22BNO6/c1-16(32)35-23-10-11-24(36-17(2)33)26-25(23)28(34)27-22(29-26)13-19-7-3-4-8-20(19)14-30(27)21-9-5-6-18(12-21)15-31/h3-12,15,29H,13-14H2,1-2H3. The molecule has 0 fully saturated rings. The zero-order valence-electron chi connectivity index (χ0n) is 19.9. The lowest BCUT2D eigenvalue weighted by molar-refractivity contribution is -0.133. The topological polar surface area (TPSA) is 90.0 Å². The third-order valence-corrected chi connectivity index (χ3v) is 6.34. The molecule has 8 heteroatoms. The number of carbonyl (C=O) groups is 4. The number of nitrogens with zero attached hydrogens (tertiary/aromatic N) is 1. The van der Waals surface area contributed by atoms with Crippen LogP contribution in [0.5, 0.6) is 11.5 Å². The number of Topliss-reactive ketones (excluding diaryl/α,β-unsaturated/α-hetero) is 1. The fraction of sp³-hybridized carbons (Fsp3) is 0.143. The van der Waals surface area contributed by atoms with Crippen LogP contribution in [-0.4, -0.2) is 31.3 Å². The number of benzene rings is 3. The van der Waals surface area contributed by atoms with Crippen molar-refractivity contribution in [3.8, 4) is 11.5 Å². The molecule has 36 heavy (non-hydrogen) atoms. The van der Waals surface area contributed by atoms with Crippen LogP contribution in [-0.2, 0) is 22.6 Å². The predicted octanol–water partition coefficient (Wildman–Crippen LogP) is 3.08. The summed E-state index contributed by atoms with van der Waals surface area (Å²) in [5.74, 6) is -1.02. The number of hydrogen-bond acceptors (Lipinski definition) is 7. The first-order chi connectivity index (χ1) is 17.4. The molecule has 3 aromatic rings. The van der Waals surface area contributed by atoms with Gasteiger partial charge in [-0.3, -0.25) is 19.2 Å². The zero-order chi connectivity index (χ0) is 25.4. The maximum atomic E-state index is 14.2. The molecule has 0 unspecified atom stereocenters. The molecule has 0 saturated heterocycles. The van der Waals surface area contributed by atoms with Crippen molar-refractivity contribution in [3.05, 3.63) is 94.1 Å². The maximum Gasteiger partial charge on any atom is 0.308 e. The minimum absolute atomic E-state index is 0.119. The largest absolute Gasteiger partial charge is 0.427 e. The Labute approximate surface area is 208 Å². The van der Waals surface area contributed by atoms with Crippen molar-refractivity contribution in [2.75, 3.05) is 4.90 Å². The van der Waals surface area contributed by atoms with E-state index < -0.39 is 11.9 Å². The summed E-state index contributed by atoms with van der Waals surface area (Å²) >= 11 is 0. The van der Waals surface area contributed by atoms with Crippen LogP contribution in [0.4, 0.5) is 5.69 Å². The summed E-state index contributed by atoms with van der Waals surface area (Å²) in [4.78, 5) is 51.3. The monoisotopic (exact) mass is 479 g/mol. The number of esters is 2. The van der Waals surface area contributed by atoms with Crippen LogP contribution in [0.15, 0.2) is 71.8 Å². The summed E-state index contributed by atoms with van der Waals surface area (Å²) in [6.45, 7) is 2.99. The first-order valence-electron chi connectivity index (χ1n) is 11.5. The van der Waals surface area contributed by atoms with E-state index in [1.54, 1.807) is 24.3 Å². The van der Waals surface area contributed by atoms with Gasteiger partial charge in [0.2, 0.25) is 5.78 Å². The average molecular weight is 479 g/mol. The van der Waals surface area contributed by atoms with E-state index >= 15 is 0 Å². The van der Waals surface area contributed by atoms with Gasteiger partial charge in [-0.1, -0.05) is 41.9 Å². The van der Waals surface area contributed by atoms with Gasteiger partial charge in [0.05, 0.1) is 11.3 Å². The summed E-state index contributed by atoms with van der Waals surface area (Å²) in [7, 11) is 0.326. The van der Waals surface area contributed by atoms with Gasteiger partial charge >= 0.3 is 11.9 Å². The number of carbonyl (C=O) groups excluding carboxylic acids is 4. The van der Waals surface area contributed by atoms with E-state index in [0.29, 0.717) is 42.7 Å². The van der Waals surface area contributed by atoms with Crippen LogP contribution in [0.3, 0.4) is 0 Å². The molecule has 2 aliphatic heterocycles. The van der Waals surface area contributed by atoms with E-state index in [9.17, 15) is 19.2 Å². The van der Waals surface area contributed by atoms with Crippen molar-refractivity contribution in [1.82, 2.24) is 0 Å². The molecule has 0 radical (unpaired) electrons. The van der Waals surface area contributed by atoms with Gasteiger partial charge in [0.25, 0.3) is 0 Å². The number of rotatable bonds is 4. The Morgan fingerprint density at radius 2 is 1.61 bits per heavy atom. The second-order valence-electron chi connectivity index (χ2n) is 8.81. The minimum Gasteiger partial charge on any atom is -0.427 e. The Hall–Kier alpha value is -4.46. The van der Waals surface area contributed by atoms with E-state index in [-0.39, 0.29) is 22.8 Å². The Bertz CT molecular complexity index is 1470. The van der Waals surface area contributed by atoms with Gasteiger partial charge < -0.3 is 14.4 Å². The van der Waals surface area contributed by atoms with Gasteiger partial charge in [0, 0.05) is 31.6 Å². The average Bonchev–Trinajstić information content (AvgIpc) is 3.02. The molecule has 178 valence electrons. The van der Waals surface area contributed by atoms with Gasteiger partial charge in [-0.05, 0) is 47.3 Å². The molecule has 0 atom stereocenters. The highest BCUT2D eigenvalue weighted by Gasteiger charge is 2.37. The highest BCUT2D eigenvalue weighted by molar-refractivity contribution is 6.67. The van der Waals surface area contributed by atoms with Crippen molar-refractivity contribution in [3.63, 3.8) is 0 Å². The zero-order valence-corrected chi connectivity index (χ0v) is 19.9. The lowest BCUT2D eigenvalue weighted by atomic mass is 9.55. The van der Waals surface area contributed by atoms with Crippen LogP contribution in [0.2, 0.25) is 0 Å². The van der Waals surface area contributed by atoms with Gasteiger partial charge in [-0.25, -0.2) is 0 Å². The molecule has 0 amide bonds. The molecule has 0 N–H and O–H groups in total. The van der Waals surface area contributed by atoms with Crippen LogP contribution >= 0.6 is 0 Å². The lowest BCUT2D eigenvalue weighted by Gasteiger charge is -2.31. The van der Waals surface area contributed by atoms with Crippen LogP contribution in [0.25, 0.3) is 0 Å². The summed E-state index contributed by atoms with van der Waals surface area (Å²) in [6.07, 6.45) is 1.30. The molecule has 5 rings (SSSR count). The lowest BCUT2D eigenvalue weighted by Crippen LogP contribution is -2.40. The molecule has 2 heterocycles. The summed E-state index contributed by atoms with van der Waals surface area (Å²) < 4.78 is 10.8. The van der Waals surface area contributed by atoms with Crippen LogP contribution in [0, 0.1) is 0 Å². The van der Waals surface area contributed by atoms with Crippen molar-refractivity contribution in [1.29, 1.82) is 0 Å². The predicted molar refractivity (Wildman–Crippen MR) is 135 cm³/mol. The van der Waals surface area contributed by atoms with E-state index in [4.69, 9.17) is 9.47 Å². The van der Waals surface area contributed by atoms with Crippen molar-refractivity contribution in [2.24, 2.45) is 0 Å². The Balaban J connectivity index is 1.73. The van der Waals surface area contributed by atoms with Crippen molar-refractivity contribution < 1.29 is 28.7 Å². The molecule has 0 spiro atoms. The number of fused-ring (bicyclic) bond motifs is 2. The first kappa shape index (κ1) is 23.3. The Morgan fingerprint density at radius 3 is 2.33 bits per heavy atom. The van der Waals surface area contributed by atoms with Gasteiger partial charge in [-0.2, -0.15) is 0 Å². The number of hydrogen-bond donors (Lipinski definition) is 0. The molecule has 7 nitrogen and oxygen atoms in total. The van der Waals surface area contributed by atoms with Crippen molar-refractivity contribution in [2.45, 2.75) is 26.8 Å². The van der Waals surface area contributed by atoms with E-state index in [0.717, 1.165) is 22.9 Å². The SMILES string of the molecule is CC(=O)Oc1ccc(OC(C)=O)c2c1BC1=C(C2=O)N(c2cccc(C=O)c2)Cc2ccccc2C1. The van der Waals surface area contributed by atoms with Crippen molar-refractivity contribution >= 4 is 42.4 Å². The summed E-state index contributed by atoms with van der Waals surface area (Å²) in [5, 5.41) is 0. The quantitative estimate of drug-likeness (QED) is 0.246. The molecular formula is C28H22BNO6. The summed E-state index contributed by atoms with van der Waals surface area (Å²) in [6, 6.07) is 18.1. The maximum absolute atomic E-state index is 14.2.